The normalized spacial score (nSPS) is 10.1. The molecule has 0 aliphatic rings. The molecule has 0 amide bonds. The second-order valence-electron chi connectivity index (χ2n) is 3.60. The maximum absolute atomic E-state index is 10.8. The summed E-state index contributed by atoms with van der Waals surface area (Å²) >= 11 is 3.29. The Bertz CT molecular complexity index is 602. The molecule has 0 saturated heterocycles. The van der Waals surface area contributed by atoms with Crippen LogP contribution in [0.25, 0.3) is 0 Å². The van der Waals surface area contributed by atoms with Crippen LogP contribution >= 0.6 is 15.9 Å². The van der Waals surface area contributed by atoms with Crippen molar-refractivity contribution in [3.05, 3.63) is 56.7 Å². The molecule has 18 heavy (non-hydrogen) atoms. The van der Waals surface area contributed by atoms with E-state index >= 15 is 0 Å². The average Bonchev–Trinajstić information content (AvgIpc) is 2.34. The van der Waals surface area contributed by atoms with Gasteiger partial charge in [-0.05, 0) is 47.1 Å². The van der Waals surface area contributed by atoms with E-state index in [0.717, 1.165) is 0 Å². The van der Waals surface area contributed by atoms with Crippen LogP contribution in [-0.2, 0) is 0 Å². The first-order valence-corrected chi connectivity index (χ1v) is 5.90. The number of halogens is 1. The molecule has 0 N–H and O–H groups in total. The van der Waals surface area contributed by atoms with Crippen molar-refractivity contribution in [1.82, 2.24) is 4.98 Å². The molecule has 0 bridgehead atoms. The fourth-order valence-electron chi connectivity index (χ4n) is 1.41. The third-order valence-electron chi connectivity index (χ3n) is 2.32. The quantitative estimate of drug-likeness (QED) is 0.638. The standard InChI is InChI=1S/C12H9BrN2O3/c1-8-4-5-9(7-11(8)15(16)17)18-12-10(13)3-2-6-14-12/h2-7H,1H3. The third kappa shape index (κ3) is 2.65. The van der Waals surface area contributed by atoms with Crippen LogP contribution in [0.2, 0.25) is 0 Å². The number of ether oxygens (including phenoxy) is 1. The molecule has 1 aromatic heterocycles. The molecular formula is C12H9BrN2O3. The SMILES string of the molecule is Cc1ccc(Oc2ncccc2Br)cc1[N+](=O)[O-]. The first-order valence-electron chi connectivity index (χ1n) is 5.11. The second-order valence-corrected chi connectivity index (χ2v) is 4.45. The highest BCUT2D eigenvalue weighted by Crippen LogP contribution is 2.30. The number of hydrogen-bond acceptors (Lipinski definition) is 4. The molecule has 0 aliphatic carbocycles. The van der Waals surface area contributed by atoms with Gasteiger partial charge < -0.3 is 4.74 Å². The fourth-order valence-corrected chi connectivity index (χ4v) is 1.74. The van der Waals surface area contributed by atoms with E-state index in [9.17, 15) is 10.1 Å². The van der Waals surface area contributed by atoms with Crippen LogP contribution in [-0.4, -0.2) is 9.91 Å². The van der Waals surface area contributed by atoms with Crippen LogP contribution in [0.1, 0.15) is 5.56 Å². The first-order chi connectivity index (χ1) is 8.58. The van der Waals surface area contributed by atoms with Crippen molar-refractivity contribution < 1.29 is 9.66 Å². The van der Waals surface area contributed by atoms with Crippen molar-refractivity contribution in [2.45, 2.75) is 6.92 Å². The molecule has 0 radical (unpaired) electrons. The summed E-state index contributed by atoms with van der Waals surface area (Å²) in [5.41, 5.74) is 0.618. The van der Waals surface area contributed by atoms with Gasteiger partial charge in [0.15, 0.2) is 0 Å². The summed E-state index contributed by atoms with van der Waals surface area (Å²) < 4.78 is 6.18. The van der Waals surface area contributed by atoms with Gasteiger partial charge in [-0.15, -0.1) is 0 Å². The molecule has 2 aromatic rings. The molecule has 5 nitrogen and oxygen atoms in total. The lowest BCUT2D eigenvalue weighted by Gasteiger charge is -2.06. The molecular weight excluding hydrogens is 300 g/mol. The molecule has 0 saturated carbocycles. The van der Waals surface area contributed by atoms with Crippen LogP contribution in [0.3, 0.4) is 0 Å². The summed E-state index contributed by atoms with van der Waals surface area (Å²) in [6, 6.07) is 8.24. The Hall–Kier alpha value is -1.95. The molecule has 2 rings (SSSR count). The zero-order valence-corrected chi connectivity index (χ0v) is 11.0. The number of rotatable bonds is 3. The molecule has 1 aromatic carbocycles. The number of benzene rings is 1. The van der Waals surface area contributed by atoms with Gasteiger partial charge in [-0.25, -0.2) is 4.98 Å². The minimum absolute atomic E-state index is 0.0274. The Morgan fingerprint density at radius 2 is 2.17 bits per heavy atom. The fraction of sp³-hybridized carbons (Fsp3) is 0.0833. The summed E-state index contributed by atoms with van der Waals surface area (Å²) in [5, 5.41) is 10.8. The first kappa shape index (κ1) is 12.5. The number of hydrogen-bond donors (Lipinski definition) is 0. The van der Waals surface area contributed by atoms with Crippen molar-refractivity contribution in [2.75, 3.05) is 0 Å². The summed E-state index contributed by atoms with van der Waals surface area (Å²) in [5.74, 6) is 0.752. The van der Waals surface area contributed by atoms with Gasteiger partial charge in [0.1, 0.15) is 5.75 Å². The van der Waals surface area contributed by atoms with E-state index in [4.69, 9.17) is 4.74 Å². The number of pyridine rings is 1. The Labute approximate surface area is 112 Å². The Balaban J connectivity index is 2.33. The average molecular weight is 309 g/mol. The predicted molar refractivity (Wildman–Crippen MR) is 69.8 cm³/mol. The zero-order chi connectivity index (χ0) is 13.1. The van der Waals surface area contributed by atoms with Crippen LogP contribution in [0, 0.1) is 17.0 Å². The van der Waals surface area contributed by atoms with Gasteiger partial charge in [-0.2, -0.15) is 0 Å². The van der Waals surface area contributed by atoms with Gasteiger partial charge in [-0.1, -0.05) is 0 Å². The Morgan fingerprint density at radius 1 is 1.39 bits per heavy atom. The number of nitrogens with zero attached hydrogens (tertiary/aromatic N) is 2. The van der Waals surface area contributed by atoms with E-state index in [1.807, 2.05) is 0 Å². The maximum atomic E-state index is 10.8. The number of nitro groups is 1. The van der Waals surface area contributed by atoms with Gasteiger partial charge in [0.25, 0.3) is 5.69 Å². The van der Waals surface area contributed by atoms with Gasteiger partial charge >= 0.3 is 0 Å². The zero-order valence-electron chi connectivity index (χ0n) is 9.46. The summed E-state index contributed by atoms with van der Waals surface area (Å²) in [7, 11) is 0. The Morgan fingerprint density at radius 3 is 2.83 bits per heavy atom. The van der Waals surface area contributed by atoms with Crippen LogP contribution in [0.15, 0.2) is 41.0 Å². The summed E-state index contributed by atoms with van der Waals surface area (Å²) in [6.07, 6.45) is 1.59. The molecule has 6 heteroatoms. The van der Waals surface area contributed by atoms with E-state index < -0.39 is 4.92 Å². The van der Waals surface area contributed by atoms with Crippen molar-refractivity contribution in [3.8, 4) is 11.6 Å². The van der Waals surface area contributed by atoms with Crippen molar-refractivity contribution in [1.29, 1.82) is 0 Å². The lowest BCUT2D eigenvalue weighted by Crippen LogP contribution is -1.94. The van der Waals surface area contributed by atoms with Crippen molar-refractivity contribution >= 4 is 21.6 Å². The van der Waals surface area contributed by atoms with Crippen LogP contribution in [0.4, 0.5) is 5.69 Å². The lowest BCUT2D eigenvalue weighted by molar-refractivity contribution is -0.385. The molecule has 0 fully saturated rings. The molecule has 92 valence electrons. The minimum Gasteiger partial charge on any atom is -0.438 e. The lowest BCUT2D eigenvalue weighted by atomic mass is 10.2. The van der Waals surface area contributed by atoms with Gasteiger partial charge in [0, 0.05) is 11.8 Å². The highest BCUT2D eigenvalue weighted by atomic mass is 79.9. The predicted octanol–water partition coefficient (Wildman–Crippen LogP) is 3.85. The van der Waals surface area contributed by atoms with Crippen molar-refractivity contribution in [2.24, 2.45) is 0 Å². The third-order valence-corrected chi connectivity index (χ3v) is 2.92. The highest BCUT2D eigenvalue weighted by Gasteiger charge is 2.13. The molecule has 1 heterocycles. The summed E-state index contributed by atoms with van der Waals surface area (Å²) in [4.78, 5) is 14.4. The van der Waals surface area contributed by atoms with Gasteiger partial charge in [0.2, 0.25) is 5.88 Å². The van der Waals surface area contributed by atoms with E-state index in [-0.39, 0.29) is 5.69 Å². The van der Waals surface area contributed by atoms with Gasteiger partial charge in [0.05, 0.1) is 15.5 Å². The number of nitro benzene ring substituents is 1. The monoisotopic (exact) mass is 308 g/mol. The number of aromatic nitrogens is 1. The van der Waals surface area contributed by atoms with Crippen LogP contribution in [0.5, 0.6) is 11.6 Å². The number of aryl methyl sites for hydroxylation is 1. The smallest absolute Gasteiger partial charge is 0.276 e. The Kier molecular flexibility index (Phi) is 3.57. The van der Waals surface area contributed by atoms with Crippen molar-refractivity contribution in [3.63, 3.8) is 0 Å². The second kappa shape index (κ2) is 5.14. The largest absolute Gasteiger partial charge is 0.438 e. The molecule has 0 atom stereocenters. The molecule has 0 unspecified atom stereocenters. The van der Waals surface area contributed by atoms with E-state index in [1.54, 1.807) is 37.4 Å². The summed E-state index contributed by atoms with van der Waals surface area (Å²) in [6.45, 7) is 1.68. The van der Waals surface area contributed by atoms with E-state index in [1.165, 1.54) is 6.07 Å². The van der Waals surface area contributed by atoms with E-state index in [0.29, 0.717) is 21.7 Å². The van der Waals surface area contributed by atoms with E-state index in [2.05, 4.69) is 20.9 Å². The van der Waals surface area contributed by atoms with Gasteiger partial charge in [-0.3, -0.25) is 10.1 Å². The van der Waals surface area contributed by atoms with Crippen LogP contribution < -0.4 is 4.74 Å². The minimum atomic E-state index is -0.435. The highest BCUT2D eigenvalue weighted by molar-refractivity contribution is 9.10. The topological polar surface area (TPSA) is 65.3 Å². The maximum Gasteiger partial charge on any atom is 0.276 e. The molecule has 0 aliphatic heterocycles. The molecule has 0 spiro atoms.